The normalized spacial score (nSPS) is 10.9. The number of rotatable bonds is 7. The summed E-state index contributed by atoms with van der Waals surface area (Å²) in [4.78, 5) is 25.0. The number of carbonyl (C=O) groups excluding carboxylic acids is 2. The van der Waals surface area contributed by atoms with Crippen LogP contribution in [0.2, 0.25) is 0 Å². The number of esters is 1. The van der Waals surface area contributed by atoms with Gasteiger partial charge in [-0.25, -0.2) is 14.6 Å². The van der Waals surface area contributed by atoms with Crippen LogP contribution >= 0.6 is 0 Å². The fourth-order valence-electron chi connectivity index (χ4n) is 3.33. The molecule has 4 rings (SSSR count). The number of nitrogens with zero attached hydrogens (tertiary/aromatic N) is 1. The van der Waals surface area contributed by atoms with Crippen LogP contribution < -0.4 is 14.9 Å². The predicted molar refractivity (Wildman–Crippen MR) is 128 cm³/mol. The maximum atomic E-state index is 13.1. The summed E-state index contributed by atoms with van der Waals surface area (Å²) in [5, 5.41) is 5.74. The summed E-state index contributed by atoms with van der Waals surface area (Å²) >= 11 is 0. The Kier molecular flexibility index (Phi) is 6.93. The Balaban J connectivity index is 1.58. The van der Waals surface area contributed by atoms with Crippen LogP contribution in [0.15, 0.2) is 90.0 Å². The van der Waals surface area contributed by atoms with E-state index in [1.807, 2.05) is 37.3 Å². The van der Waals surface area contributed by atoms with Crippen molar-refractivity contribution in [3.05, 3.63) is 107 Å². The van der Waals surface area contributed by atoms with Gasteiger partial charge in [0.05, 0.1) is 18.4 Å². The first-order valence-corrected chi connectivity index (χ1v) is 10.6. The Hall–Kier alpha value is -4.52. The van der Waals surface area contributed by atoms with Gasteiger partial charge >= 0.3 is 5.97 Å². The zero-order valence-corrected chi connectivity index (χ0v) is 18.3. The molecule has 0 heterocycles. The molecule has 0 fully saturated rings. The highest BCUT2D eigenvalue weighted by atomic mass is 19.1. The number of ether oxygens (including phenoxy) is 2. The Morgan fingerprint density at radius 3 is 2.35 bits per heavy atom. The molecule has 0 unspecified atom stereocenters. The Bertz CT molecular complexity index is 1350. The molecule has 4 aromatic rings. The average Bonchev–Trinajstić information content (AvgIpc) is 2.86. The van der Waals surface area contributed by atoms with E-state index < -0.39 is 17.7 Å². The summed E-state index contributed by atoms with van der Waals surface area (Å²) in [6.45, 7) is 2.41. The molecule has 170 valence electrons. The Morgan fingerprint density at radius 1 is 0.912 bits per heavy atom. The molecule has 0 aromatic heterocycles. The van der Waals surface area contributed by atoms with Crippen molar-refractivity contribution in [2.75, 3.05) is 6.61 Å². The third-order valence-electron chi connectivity index (χ3n) is 5.00. The van der Waals surface area contributed by atoms with Crippen LogP contribution in [-0.4, -0.2) is 24.7 Å². The first kappa shape index (κ1) is 22.7. The highest BCUT2D eigenvalue weighted by molar-refractivity contribution is 6.04. The fourth-order valence-corrected chi connectivity index (χ4v) is 3.33. The van der Waals surface area contributed by atoms with E-state index in [9.17, 15) is 14.0 Å². The van der Waals surface area contributed by atoms with Crippen LogP contribution in [0.1, 0.15) is 33.2 Å². The second kappa shape index (κ2) is 10.4. The van der Waals surface area contributed by atoms with Crippen molar-refractivity contribution in [2.24, 2.45) is 5.10 Å². The second-order valence-corrected chi connectivity index (χ2v) is 7.25. The Labute approximate surface area is 195 Å². The van der Waals surface area contributed by atoms with Crippen LogP contribution in [0.4, 0.5) is 4.39 Å². The van der Waals surface area contributed by atoms with E-state index in [0.29, 0.717) is 23.5 Å². The summed E-state index contributed by atoms with van der Waals surface area (Å²) < 4.78 is 24.2. The number of hydrogen-bond acceptors (Lipinski definition) is 5. The third-order valence-corrected chi connectivity index (χ3v) is 5.00. The molecular weight excluding hydrogens is 435 g/mol. The minimum atomic E-state index is -0.539. The van der Waals surface area contributed by atoms with E-state index in [1.165, 1.54) is 30.5 Å². The van der Waals surface area contributed by atoms with Crippen molar-refractivity contribution < 1.29 is 23.5 Å². The zero-order valence-electron chi connectivity index (χ0n) is 18.3. The highest BCUT2D eigenvalue weighted by Crippen LogP contribution is 2.27. The molecule has 0 aliphatic carbocycles. The number of benzene rings is 4. The number of halogens is 1. The van der Waals surface area contributed by atoms with E-state index in [4.69, 9.17) is 9.47 Å². The molecule has 0 spiro atoms. The molecule has 1 N–H and O–H groups in total. The van der Waals surface area contributed by atoms with Crippen molar-refractivity contribution in [2.45, 2.75) is 6.92 Å². The lowest BCUT2D eigenvalue weighted by Crippen LogP contribution is -2.17. The molecule has 4 aromatic carbocycles. The minimum Gasteiger partial charge on any atom is -0.494 e. The number of nitrogens with one attached hydrogen (secondary N) is 1. The number of carbonyl (C=O) groups is 2. The van der Waals surface area contributed by atoms with Crippen LogP contribution in [0, 0.1) is 5.82 Å². The number of fused-ring (bicyclic) bond motifs is 1. The zero-order chi connectivity index (χ0) is 23.9. The molecule has 0 atom stereocenters. The van der Waals surface area contributed by atoms with Gasteiger partial charge < -0.3 is 9.47 Å². The minimum absolute atomic E-state index is 0.263. The van der Waals surface area contributed by atoms with Gasteiger partial charge in [-0.2, -0.15) is 5.10 Å². The van der Waals surface area contributed by atoms with E-state index in [0.717, 1.165) is 10.8 Å². The summed E-state index contributed by atoms with van der Waals surface area (Å²) in [6.07, 6.45) is 1.42. The molecule has 0 aliphatic rings. The molecule has 0 saturated heterocycles. The van der Waals surface area contributed by atoms with Gasteiger partial charge in [0.25, 0.3) is 5.91 Å². The van der Waals surface area contributed by atoms with Gasteiger partial charge in [0.1, 0.15) is 17.3 Å². The largest absolute Gasteiger partial charge is 0.494 e. The monoisotopic (exact) mass is 456 g/mol. The van der Waals surface area contributed by atoms with Crippen LogP contribution in [0.3, 0.4) is 0 Å². The lowest BCUT2D eigenvalue weighted by atomic mass is 10.0. The third kappa shape index (κ3) is 5.27. The first-order valence-electron chi connectivity index (χ1n) is 10.6. The molecule has 0 bridgehead atoms. The molecule has 1 amide bonds. The molecule has 0 aliphatic heterocycles. The van der Waals surface area contributed by atoms with Crippen LogP contribution in [-0.2, 0) is 0 Å². The molecule has 0 saturated carbocycles. The number of amides is 1. The number of hydrazone groups is 1. The molecule has 0 radical (unpaired) electrons. The highest BCUT2D eigenvalue weighted by Gasteiger charge is 2.14. The van der Waals surface area contributed by atoms with Crippen LogP contribution in [0.25, 0.3) is 10.8 Å². The topological polar surface area (TPSA) is 77.0 Å². The van der Waals surface area contributed by atoms with Gasteiger partial charge in [-0.1, -0.05) is 30.3 Å². The van der Waals surface area contributed by atoms with Crippen molar-refractivity contribution >= 4 is 28.9 Å². The van der Waals surface area contributed by atoms with E-state index in [1.54, 1.807) is 30.3 Å². The maximum Gasteiger partial charge on any atom is 0.343 e. The van der Waals surface area contributed by atoms with E-state index in [2.05, 4.69) is 10.5 Å². The SMILES string of the molecule is CCOc1ccc(C(=O)Oc2ccc3ccccc3c2/C=N/NC(=O)c2ccc(F)cc2)cc1. The second-order valence-electron chi connectivity index (χ2n) is 7.25. The molecular formula is C27H21FN2O4. The standard InChI is InChI=1S/C27H21FN2O4/c1-2-33-22-14-9-20(10-15-22)27(32)34-25-16-11-18-5-3-4-6-23(18)24(25)17-29-30-26(31)19-7-12-21(28)13-8-19/h3-17H,2H2,1H3,(H,30,31)/b29-17+. The van der Waals surface area contributed by atoms with Crippen molar-refractivity contribution in [3.8, 4) is 11.5 Å². The lowest BCUT2D eigenvalue weighted by Gasteiger charge is -2.11. The predicted octanol–water partition coefficient (Wildman–Crippen LogP) is 5.36. The molecule has 6 nitrogen and oxygen atoms in total. The Morgan fingerprint density at radius 2 is 1.62 bits per heavy atom. The molecule has 7 heteroatoms. The average molecular weight is 456 g/mol. The summed E-state index contributed by atoms with van der Waals surface area (Å²) in [6, 6.07) is 22.8. The fraction of sp³-hybridized carbons (Fsp3) is 0.0741. The smallest absolute Gasteiger partial charge is 0.343 e. The van der Waals surface area contributed by atoms with Gasteiger partial charge in [-0.05, 0) is 72.3 Å². The van der Waals surface area contributed by atoms with E-state index in [-0.39, 0.29) is 11.3 Å². The van der Waals surface area contributed by atoms with Crippen molar-refractivity contribution in [3.63, 3.8) is 0 Å². The van der Waals surface area contributed by atoms with Gasteiger partial charge in [0.15, 0.2) is 0 Å². The summed E-state index contributed by atoms with van der Waals surface area (Å²) in [5.74, 6) is -0.519. The van der Waals surface area contributed by atoms with Crippen LogP contribution in [0.5, 0.6) is 11.5 Å². The maximum absolute atomic E-state index is 13.1. The summed E-state index contributed by atoms with van der Waals surface area (Å²) in [5.41, 5.74) is 3.57. The van der Waals surface area contributed by atoms with Gasteiger partial charge in [-0.3, -0.25) is 4.79 Å². The first-order chi connectivity index (χ1) is 16.5. The quantitative estimate of drug-likeness (QED) is 0.176. The van der Waals surface area contributed by atoms with E-state index >= 15 is 0 Å². The molecule has 34 heavy (non-hydrogen) atoms. The number of hydrogen-bond donors (Lipinski definition) is 1. The van der Waals surface area contributed by atoms with Gasteiger partial charge in [-0.15, -0.1) is 0 Å². The summed E-state index contributed by atoms with van der Waals surface area (Å²) in [7, 11) is 0. The van der Waals surface area contributed by atoms with Gasteiger partial charge in [0.2, 0.25) is 0 Å². The van der Waals surface area contributed by atoms with Crippen molar-refractivity contribution in [1.82, 2.24) is 5.43 Å². The van der Waals surface area contributed by atoms with Crippen molar-refractivity contribution in [1.29, 1.82) is 0 Å². The lowest BCUT2D eigenvalue weighted by molar-refractivity contribution is 0.0734. The van der Waals surface area contributed by atoms with Gasteiger partial charge in [0, 0.05) is 11.1 Å².